The molecule has 1 fully saturated rings. The summed E-state index contributed by atoms with van der Waals surface area (Å²) in [6.45, 7) is 3.14. The number of hydrogen-bond donors (Lipinski definition) is 2. The van der Waals surface area contributed by atoms with Gasteiger partial charge >= 0.3 is 5.97 Å². The summed E-state index contributed by atoms with van der Waals surface area (Å²) in [5.74, 6) is -0.128. The predicted molar refractivity (Wildman–Crippen MR) is 98.3 cm³/mol. The molecule has 2 N–H and O–H groups in total. The molecule has 7 heteroatoms. The van der Waals surface area contributed by atoms with Crippen LogP contribution < -0.4 is 5.32 Å². The molecule has 0 aromatic heterocycles. The Morgan fingerprint density at radius 1 is 1.15 bits per heavy atom. The van der Waals surface area contributed by atoms with E-state index in [1.54, 1.807) is 12.1 Å². The summed E-state index contributed by atoms with van der Waals surface area (Å²) < 4.78 is 34.8. The van der Waals surface area contributed by atoms with E-state index in [9.17, 15) is 13.2 Å². The van der Waals surface area contributed by atoms with Crippen LogP contribution in [0.3, 0.4) is 0 Å². The minimum absolute atomic E-state index is 0.0666. The minimum Gasteiger partial charge on any atom is -0.460 e. The van der Waals surface area contributed by atoms with Gasteiger partial charge in [-0.2, -0.15) is 8.42 Å². The van der Waals surface area contributed by atoms with Crippen LogP contribution in [0.1, 0.15) is 24.0 Å². The molecule has 3 rings (SSSR count). The van der Waals surface area contributed by atoms with E-state index >= 15 is 0 Å². The molecule has 0 spiro atoms. The molecule has 0 unspecified atom stereocenters. The van der Waals surface area contributed by atoms with Crippen molar-refractivity contribution >= 4 is 16.1 Å². The standard InChI is InChI=1S/C12H15NO2.C7H8O3S/c14-12(11-7-4-8-13-11)15-9-10-5-2-1-3-6-10;1-6-2-4-7(5-3-6)11(8,9)10/h1-3,5-6,11,13H,4,7-9H2;2-5H,1H3,(H,8,9,10)/t11-;/m0./s1. The van der Waals surface area contributed by atoms with Crippen LogP contribution >= 0.6 is 0 Å². The van der Waals surface area contributed by atoms with Gasteiger partial charge in [-0.1, -0.05) is 48.0 Å². The SMILES string of the molecule is Cc1ccc(S(=O)(=O)O)cc1.O=C(OCc1ccccc1)[C@@H]1CCCN1. The number of benzene rings is 2. The molecule has 26 heavy (non-hydrogen) atoms. The van der Waals surface area contributed by atoms with Crippen molar-refractivity contribution in [3.8, 4) is 0 Å². The molecule has 0 saturated carbocycles. The van der Waals surface area contributed by atoms with E-state index in [1.807, 2.05) is 37.3 Å². The zero-order chi connectivity index (χ0) is 19.0. The largest absolute Gasteiger partial charge is 0.460 e. The number of ether oxygens (including phenoxy) is 1. The fourth-order valence-corrected chi connectivity index (χ4v) is 2.91. The van der Waals surface area contributed by atoms with Crippen LogP contribution in [0.4, 0.5) is 0 Å². The molecule has 1 atom stereocenters. The summed E-state index contributed by atoms with van der Waals surface area (Å²) in [6, 6.07) is 15.6. The van der Waals surface area contributed by atoms with Crippen molar-refractivity contribution in [1.82, 2.24) is 5.32 Å². The van der Waals surface area contributed by atoms with Crippen molar-refractivity contribution in [2.45, 2.75) is 37.3 Å². The predicted octanol–water partition coefficient (Wildman–Crippen LogP) is 2.72. The van der Waals surface area contributed by atoms with Crippen molar-refractivity contribution in [1.29, 1.82) is 0 Å². The molecular formula is C19H23NO5S. The first-order chi connectivity index (χ1) is 12.4. The molecule has 0 amide bonds. The normalized spacial score (nSPS) is 16.5. The summed E-state index contributed by atoms with van der Waals surface area (Å²) in [5, 5.41) is 3.12. The Labute approximate surface area is 153 Å². The summed E-state index contributed by atoms with van der Waals surface area (Å²) in [4.78, 5) is 11.5. The lowest BCUT2D eigenvalue weighted by atomic mass is 10.2. The van der Waals surface area contributed by atoms with Gasteiger partial charge in [-0.25, -0.2) is 0 Å². The van der Waals surface area contributed by atoms with E-state index in [-0.39, 0.29) is 16.9 Å². The first-order valence-corrected chi connectivity index (χ1v) is 9.78. The average Bonchev–Trinajstić information content (AvgIpc) is 3.15. The van der Waals surface area contributed by atoms with Crippen LogP contribution in [0, 0.1) is 6.92 Å². The van der Waals surface area contributed by atoms with Crippen molar-refractivity contribution < 1.29 is 22.5 Å². The van der Waals surface area contributed by atoms with Gasteiger partial charge in [0.25, 0.3) is 10.1 Å². The van der Waals surface area contributed by atoms with E-state index in [0.717, 1.165) is 30.5 Å². The number of carbonyl (C=O) groups excluding carboxylic acids is 1. The molecule has 1 aliphatic heterocycles. The smallest absolute Gasteiger partial charge is 0.323 e. The highest BCUT2D eigenvalue weighted by Gasteiger charge is 2.23. The molecule has 1 saturated heterocycles. The van der Waals surface area contributed by atoms with Crippen LogP contribution in [-0.2, 0) is 26.3 Å². The summed E-state index contributed by atoms with van der Waals surface area (Å²) in [5.41, 5.74) is 1.99. The van der Waals surface area contributed by atoms with E-state index in [1.165, 1.54) is 12.1 Å². The van der Waals surface area contributed by atoms with Gasteiger partial charge in [-0.05, 0) is 44.0 Å². The van der Waals surface area contributed by atoms with Gasteiger partial charge in [0, 0.05) is 0 Å². The van der Waals surface area contributed by atoms with Gasteiger partial charge in [0.15, 0.2) is 0 Å². The molecule has 0 bridgehead atoms. The maximum atomic E-state index is 11.5. The molecule has 1 aliphatic rings. The van der Waals surface area contributed by atoms with E-state index in [0.29, 0.717) is 6.61 Å². The fraction of sp³-hybridized carbons (Fsp3) is 0.316. The van der Waals surface area contributed by atoms with Gasteiger partial charge < -0.3 is 10.1 Å². The maximum Gasteiger partial charge on any atom is 0.323 e. The number of rotatable bonds is 4. The average molecular weight is 377 g/mol. The number of nitrogens with one attached hydrogen (secondary N) is 1. The Hall–Kier alpha value is -2.22. The Morgan fingerprint density at radius 2 is 1.81 bits per heavy atom. The lowest BCUT2D eigenvalue weighted by molar-refractivity contribution is -0.147. The van der Waals surface area contributed by atoms with Crippen LogP contribution in [0.2, 0.25) is 0 Å². The third kappa shape index (κ3) is 6.59. The zero-order valence-corrected chi connectivity index (χ0v) is 15.4. The highest BCUT2D eigenvalue weighted by molar-refractivity contribution is 7.85. The van der Waals surface area contributed by atoms with Gasteiger partial charge in [-0.15, -0.1) is 0 Å². The zero-order valence-electron chi connectivity index (χ0n) is 14.6. The lowest BCUT2D eigenvalue weighted by Gasteiger charge is -2.09. The van der Waals surface area contributed by atoms with E-state index in [4.69, 9.17) is 9.29 Å². The Bertz CT molecular complexity index is 798. The molecule has 2 aromatic rings. The molecule has 0 radical (unpaired) electrons. The molecule has 6 nitrogen and oxygen atoms in total. The van der Waals surface area contributed by atoms with Crippen LogP contribution in [0.15, 0.2) is 59.5 Å². The topological polar surface area (TPSA) is 92.7 Å². The summed E-state index contributed by atoms with van der Waals surface area (Å²) in [6.07, 6.45) is 1.96. The van der Waals surface area contributed by atoms with Crippen molar-refractivity contribution in [2.24, 2.45) is 0 Å². The second-order valence-electron chi connectivity index (χ2n) is 6.03. The number of hydrogen-bond acceptors (Lipinski definition) is 5. The van der Waals surface area contributed by atoms with Gasteiger partial charge in [0.2, 0.25) is 0 Å². The van der Waals surface area contributed by atoms with Crippen LogP contribution in [0.5, 0.6) is 0 Å². The highest BCUT2D eigenvalue weighted by atomic mass is 32.2. The monoisotopic (exact) mass is 377 g/mol. The summed E-state index contributed by atoms with van der Waals surface area (Å²) >= 11 is 0. The molecular weight excluding hydrogens is 354 g/mol. The quantitative estimate of drug-likeness (QED) is 0.629. The molecule has 1 heterocycles. The Balaban J connectivity index is 0.000000197. The molecule has 0 aliphatic carbocycles. The van der Waals surface area contributed by atoms with Crippen molar-refractivity contribution in [3.05, 3.63) is 65.7 Å². The van der Waals surface area contributed by atoms with Crippen molar-refractivity contribution in [2.75, 3.05) is 6.54 Å². The third-order valence-corrected chi connectivity index (χ3v) is 4.76. The second-order valence-corrected chi connectivity index (χ2v) is 7.45. The highest BCUT2D eigenvalue weighted by Crippen LogP contribution is 2.09. The van der Waals surface area contributed by atoms with E-state index in [2.05, 4.69) is 5.32 Å². The maximum absolute atomic E-state index is 11.5. The van der Waals surface area contributed by atoms with Gasteiger partial charge in [-0.3, -0.25) is 9.35 Å². The van der Waals surface area contributed by atoms with Gasteiger partial charge in [0.05, 0.1) is 4.90 Å². The first kappa shape index (κ1) is 20.1. The number of carbonyl (C=O) groups is 1. The Kier molecular flexibility index (Phi) is 7.32. The number of aryl methyl sites for hydroxylation is 1. The fourth-order valence-electron chi connectivity index (χ4n) is 2.43. The second kappa shape index (κ2) is 9.47. The van der Waals surface area contributed by atoms with Crippen LogP contribution in [-0.4, -0.2) is 31.5 Å². The van der Waals surface area contributed by atoms with Crippen LogP contribution in [0.25, 0.3) is 0 Å². The molecule has 2 aromatic carbocycles. The number of esters is 1. The molecule has 140 valence electrons. The first-order valence-electron chi connectivity index (χ1n) is 8.34. The van der Waals surface area contributed by atoms with Gasteiger partial charge in [0.1, 0.15) is 12.6 Å². The third-order valence-electron chi connectivity index (χ3n) is 3.89. The minimum atomic E-state index is -4.02. The van der Waals surface area contributed by atoms with E-state index < -0.39 is 10.1 Å². The Morgan fingerprint density at radius 3 is 2.35 bits per heavy atom. The summed E-state index contributed by atoms with van der Waals surface area (Å²) in [7, 11) is -4.02. The lowest BCUT2D eigenvalue weighted by Crippen LogP contribution is -2.32. The van der Waals surface area contributed by atoms with Crippen molar-refractivity contribution in [3.63, 3.8) is 0 Å².